The number of hydrogen-bond acceptors (Lipinski definition) is 8. The van der Waals surface area contributed by atoms with E-state index >= 15 is 0 Å². The van der Waals surface area contributed by atoms with Gasteiger partial charge in [-0.05, 0) is 86.9 Å². The third-order valence-electron chi connectivity index (χ3n) is 6.16. The first-order valence-corrected chi connectivity index (χ1v) is 14.4. The monoisotopic (exact) mass is 554 g/mol. The number of thiophene rings is 1. The Labute approximate surface area is 227 Å². The van der Waals surface area contributed by atoms with Crippen LogP contribution >= 0.6 is 11.3 Å². The molecule has 1 aliphatic rings. The number of sulfonamides is 1. The lowest BCUT2D eigenvalue weighted by molar-refractivity contribution is 0.180. The van der Waals surface area contributed by atoms with Crippen LogP contribution in [0.4, 0.5) is 21.8 Å². The summed E-state index contributed by atoms with van der Waals surface area (Å²) in [4.78, 5) is 12.1. The Morgan fingerprint density at radius 2 is 1.97 bits per heavy atom. The largest absolute Gasteiger partial charge is 0.340 e. The summed E-state index contributed by atoms with van der Waals surface area (Å²) >= 11 is 1.56. The third kappa shape index (κ3) is 7.13. The van der Waals surface area contributed by atoms with Gasteiger partial charge in [-0.3, -0.25) is 0 Å². The number of nitrogens with zero attached hydrogens (tertiary/aromatic N) is 4. The quantitative estimate of drug-likeness (QED) is 0.301. The molecule has 2 N–H and O–H groups in total. The Kier molecular flexibility index (Phi) is 9.05. The van der Waals surface area contributed by atoms with Crippen LogP contribution < -0.4 is 10.6 Å². The molecule has 3 aromatic rings. The van der Waals surface area contributed by atoms with E-state index in [4.69, 9.17) is 0 Å². The van der Waals surface area contributed by atoms with Gasteiger partial charge in [-0.1, -0.05) is 19.2 Å². The van der Waals surface area contributed by atoms with Crippen LogP contribution in [0.3, 0.4) is 0 Å². The Bertz CT molecular complexity index is 1380. The van der Waals surface area contributed by atoms with Crippen molar-refractivity contribution in [3.05, 3.63) is 95.8 Å². The van der Waals surface area contributed by atoms with Crippen LogP contribution in [0.5, 0.6) is 0 Å². The highest BCUT2D eigenvalue weighted by molar-refractivity contribution is 7.89. The SMILES string of the molecule is C=C/C(=C\C(=C)F)Nc1ccnc(Nc2ccc(S(=O)(=O)N(Cc3cccs3)C3CCN(C)CC3)cc2)n1. The van der Waals surface area contributed by atoms with Gasteiger partial charge in [0.05, 0.1) is 4.90 Å². The van der Waals surface area contributed by atoms with Crippen LogP contribution in [0, 0.1) is 0 Å². The number of likely N-dealkylation sites (tertiary alicyclic amines) is 1. The van der Waals surface area contributed by atoms with Crippen LogP contribution in [0.15, 0.2) is 95.8 Å². The standard InChI is InChI=1S/C27H31FN6O2S2/c1-4-21(18-20(2)28)30-26-11-14-29-27(32-26)31-22-7-9-25(10-8-22)38(35,36)34(19-24-6-5-17-37-24)23-12-15-33(3)16-13-23/h4-11,14,17-18,23H,1-2,12-13,15-16,19H2,3H3,(H2,29,30,31,32)/b21-18+. The molecule has 0 aliphatic carbocycles. The Balaban J connectivity index is 1.51. The number of nitrogens with one attached hydrogen (secondary N) is 2. The lowest BCUT2D eigenvalue weighted by Crippen LogP contribution is -2.45. The molecular weight excluding hydrogens is 523 g/mol. The van der Waals surface area contributed by atoms with Crippen molar-refractivity contribution in [2.75, 3.05) is 30.8 Å². The molecule has 3 heterocycles. The average molecular weight is 555 g/mol. The topological polar surface area (TPSA) is 90.5 Å². The molecular formula is C27H31FN6O2S2. The summed E-state index contributed by atoms with van der Waals surface area (Å²) in [6, 6.07) is 12.1. The molecule has 0 saturated carbocycles. The van der Waals surface area contributed by atoms with Gasteiger partial charge in [0.2, 0.25) is 16.0 Å². The number of allylic oxidation sites excluding steroid dienone is 3. The molecule has 1 aromatic carbocycles. The van der Waals surface area contributed by atoms with Crippen LogP contribution in [0.25, 0.3) is 0 Å². The van der Waals surface area contributed by atoms with E-state index < -0.39 is 15.9 Å². The summed E-state index contributed by atoms with van der Waals surface area (Å²) in [5.41, 5.74) is 1.02. The Hall–Kier alpha value is -3.38. The lowest BCUT2D eigenvalue weighted by Gasteiger charge is -2.36. The predicted molar refractivity (Wildman–Crippen MR) is 151 cm³/mol. The second-order valence-corrected chi connectivity index (χ2v) is 11.9. The molecule has 4 rings (SSSR count). The van der Waals surface area contributed by atoms with Crippen molar-refractivity contribution in [1.82, 2.24) is 19.2 Å². The Morgan fingerprint density at radius 1 is 1.24 bits per heavy atom. The van der Waals surface area contributed by atoms with Gasteiger partial charge in [0.15, 0.2) is 0 Å². The molecule has 11 heteroatoms. The normalized spacial score (nSPS) is 15.4. The molecule has 2 aromatic heterocycles. The summed E-state index contributed by atoms with van der Waals surface area (Å²) in [6.45, 7) is 8.95. The molecule has 8 nitrogen and oxygen atoms in total. The van der Waals surface area contributed by atoms with E-state index in [-0.39, 0.29) is 10.9 Å². The maximum Gasteiger partial charge on any atom is 0.243 e. The van der Waals surface area contributed by atoms with Crippen molar-refractivity contribution in [3.8, 4) is 0 Å². The van der Waals surface area contributed by atoms with Crippen molar-refractivity contribution < 1.29 is 12.8 Å². The zero-order valence-electron chi connectivity index (χ0n) is 21.2. The highest BCUT2D eigenvalue weighted by Gasteiger charge is 2.33. The van der Waals surface area contributed by atoms with Gasteiger partial charge in [-0.25, -0.2) is 17.8 Å². The molecule has 1 fully saturated rings. The summed E-state index contributed by atoms with van der Waals surface area (Å²) < 4.78 is 42.4. The summed E-state index contributed by atoms with van der Waals surface area (Å²) in [5.74, 6) is 0.106. The number of benzene rings is 1. The van der Waals surface area contributed by atoms with Gasteiger partial charge in [-0.15, -0.1) is 11.3 Å². The van der Waals surface area contributed by atoms with E-state index in [0.717, 1.165) is 30.8 Å². The maximum absolute atomic E-state index is 13.8. The third-order valence-corrected chi connectivity index (χ3v) is 8.94. The number of hydrogen-bond donors (Lipinski definition) is 2. The van der Waals surface area contributed by atoms with Gasteiger partial charge in [-0.2, -0.15) is 9.29 Å². The first kappa shape index (κ1) is 27.6. The van der Waals surface area contributed by atoms with Crippen molar-refractivity contribution in [3.63, 3.8) is 0 Å². The maximum atomic E-state index is 13.8. The molecule has 0 amide bonds. The van der Waals surface area contributed by atoms with Gasteiger partial charge < -0.3 is 15.5 Å². The second-order valence-electron chi connectivity index (χ2n) is 8.95. The number of halogens is 1. The highest BCUT2D eigenvalue weighted by atomic mass is 32.2. The molecule has 200 valence electrons. The minimum Gasteiger partial charge on any atom is -0.340 e. The highest BCUT2D eigenvalue weighted by Crippen LogP contribution is 2.28. The van der Waals surface area contributed by atoms with Crippen LogP contribution in [0.2, 0.25) is 0 Å². The fourth-order valence-electron chi connectivity index (χ4n) is 4.18. The molecule has 0 radical (unpaired) electrons. The van der Waals surface area contributed by atoms with Crippen molar-refractivity contribution in [2.24, 2.45) is 0 Å². The lowest BCUT2D eigenvalue weighted by atomic mass is 10.1. The van der Waals surface area contributed by atoms with Crippen LogP contribution in [0.1, 0.15) is 17.7 Å². The average Bonchev–Trinajstić information content (AvgIpc) is 3.41. The fourth-order valence-corrected chi connectivity index (χ4v) is 6.62. The van der Waals surface area contributed by atoms with Gasteiger partial charge in [0.1, 0.15) is 11.6 Å². The van der Waals surface area contributed by atoms with E-state index in [9.17, 15) is 12.8 Å². The number of anilines is 3. The van der Waals surface area contributed by atoms with E-state index in [1.807, 2.05) is 17.5 Å². The van der Waals surface area contributed by atoms with Crippen molar-refractivity contribution >= 4 is 38.8 Å². The number of rotatable bonds is 11. The van der Waals surface area contributed by atoms with Crippen LogP contribution in [-0.2, 0) is 16.6 Å². The van der Waals surface area contributed by atoms with Crippen molar-refractivity contribution in [2.45, 2.75) is 30.3 Å². The van der Waals surface area contributed by atoms with Crippen molar-refractivity contribution in [1.29, 1.82) is 0 Å². The smallest absolute Gasteiger partial charge is 0.243 e. The van der Waals surface area contributed by atoms with Gasteiger partial charge in [0, 0.05) is 35.0 Å². The van der Waals surface area contributed by atoms with E-state index in [0.29, 0.717) is 29.7 Å². The van der Waals surface area contributed by atoms with Gasteiger partial charge >= 0.3 is 0 Å². The second kappa shape index (κ2) is 12.4. The summed E-state index contributed by atoms with van der Waals surface area (Å²) in [7, 11) is -1.66. The zero-order chi connectivity index (χ0) is 27.1. The molecule has 38 heavy (non-hydrogen) atoms. The van der Waals surface area contributed by atoms with Gasteiger partial charge in [0.25, 0.3) is 0 Å². The summed E-state index contributed by atoms with van der Waals surface area (Å²) in [5, 5.41) is 7.99. The van der Waals surface area contributed by atoms with E-state index in [1.54, 1.807) is 52.2 Å². The minimum absolute atomic E-state index is 0.0520. The molecule has 0 unspecified atom stereocenters. The first-order valence-electron chi connectivity index (χ1n) is 12.1. The molecule has 1 saturated heterocycles. The molecule has 0 bridgehead atoms. The molecule has 0 atom stereocenters. The Morgan fingerprint density at radius 3 is 2.61 bits per heavy atom. The number of aromatic nitrogens is 2. The summed E-state index contributed by atoms with van der Waals surface area (Å²) in [6.07, 6.45) is 5.79. The van der Waals surface area contributed by atoms with Crippen LogP contribution in [-0.4, -0.2) is 53.8 Å². The van der Waals surface area contributed by atoms with E-state index in [1.165, 1.54) is 12.2 Å². The fraction of sp³-hybridized carbons (Fsp3) is 0.259. The first-order chi connectivity index (χ1) is 18.2. The predicted octanol–water partition coefficient (Wildman–Crippen LogP) is 5.53. The number of piperidine rings is 1. The molecule has 1 aliphatic heterocycles. The zero-order valence-corrected chi connectivity index (χ0v) is 22.8. The molecule has 0 spiro atoms. The minimum atomic E-state index is -3.72. The van der Waals surface area contributed by atoms with E-state index in [2.05, 4.69) is 45.7 Å².